The van der Waals surface area contributed by atoms with E-state index in [1.54, 1.807) is 27.7 Å². The van der Waals surface area contributed by atoms with Crippen LogP contribution in [-0.4, -0.2) is 54.4 Å². The van der Waals surface area contributed by atoms with Gasteiger partial charge in [0.25, 0.3) is 10.2 Å². The summed E-state index contributed by atoms with van der Waals surface area (Å²) in [7, 11) is -0.472. The van der Waals surface area contributed by atoms with Gasteiger partial charge in [-0.3, -0.25) is 0 Å². The van der Waals surface area contributed by atoms with Crippen molar-refractivity contribution in [3.8, 4) is 0 Å². The first-order chi connectivity index (χ1) is 6.48. The van der Waals surface area contributed by atoms with Crippen molar-refractivity contribution in [3.05, 3.63) is 0 Å². The Kier molecular flexibility index (Phi) is 4.72. The van der Waals surface area contributed by atoms with Gasteiger partial charge in [-0.05, 0) is 27.7 Å². The highest BCUT2D eigenvalue weighted by molar-refractivity contribution is 7.86. The molecule has 0 aromatic rings. The molecule has 0 atom stereocenters. The van der Waals surface area contributed by atoms with Gasteiger partial charge < -0.3 is 5.11 Å². The van der Waals surface area contributed by atoms with Gasteiger partial charge in [0, 0.05) is 26.7 Å². The molecule has 6 heteroatoms. The molecule has 0 aliphatic carbocycles. The van der Waals surface area contributed by atoms with Gasteiger partial charge in [0.15, 0.2) is 0 Å². The predicted octanol–water partition coefficient (Wildman–Crippen LogP) is 0.274. The van der Waals surface area contributed by atoms with Crippen molar-refractivity contribution in [3.63, 3.8) is 0 Å². The van der Waals surface area contributed by atoms with Crippen molar-refractivity contribution in [2.75, 3.05) is 20.6 Å². The minimum atomic E-state index is -3.46. The Morgan fingerprint density at radius 3 is 1.93 bits per heavy atom. The first-order valence-corrected chi connectivity index (χ1v) is 6.30. The van der Waals surface area contributed by atoms with E-state index >= 15 is 0 Å². The monoisotopic (exact) mass is 238 g/mol. The fourth-order valence-corrected chi connectivity index (χ4v) is 2.56. The minimum absolute atomic E-state index is 0.0758. The number of rotatable bonds is 5. The van der Waals surface area contributed by atoms with Gasteiger partial charge in [-0.25, -0.2) is 0 Å². The molecule has 0 rings (SSSR count). The summed E-state index contributed by atoms with van der Waals surface area (Å²) < 4.78 is 26.2. The lowest BCUT2D eigenvalue weighted by atomic mass is 10.1. The molecule has 0 radical (unpaired) electrons. The van der Waals surface area contributed by atoms with E-state index in [0.29, 0.717) is 0 Å². The highest BCUT2D eigenvalue weighted by Gasteiger charge is 2.29. The molecule has 0 aliphatic heterocycles. The van der Waals surface area contributed by atoms with Crippen molar-refractivity contribution < 1.29 is 13.5 Å². The van der Waals surface area contributed by atoms with E-state index in [9.17, 15) is 13.5 Å². The van der Waals surface area contributed by atoms with Crippen molar-refractivity contribution in [1.82, 2.24) is 8.61 Å². The van der Waals surface area contributed by atoms with Crippen LogP contribution < -0.4 is 0 Å². The highest BCUT2D eigenvalue weighted by Crippen LogP contribution is 2.12. The first-order valence-electron chi connectivity index (χ1n) is 4.90. The molecule has 1 N–H and O–H groups in total. The molecule has 92 valence electrons. The molecular formula is C9H22N2O3S. The third kappa shape index (κ3) is 4.46. The molecule has 0 unspecified atom stereocenters. The average Bonchev–Trinajstić information content (AvgIpc) is 1.99. The van der Waals surface area contributed by atoms with Crippen molar-refractivity contribution >= 4 is 10.2 Å². The van der Waals surface area contributed by atoms with E-state index in [-0.39, 0.29) is 12.6 Å². The van der Waals surface area contributed by atoms with Gasteiger partial charge in [0.05, 0.1) is 5.60 Å². The summed E-state index contributed by atoms with van der Waals surface area (Å²) in [5, 5.41) is 9.55. The maximum Gasteiger partial charge on any atom is 0.281 e. The van der Waals surface area contributed by atoms with Crippen molar-refractivity contribution in [1.29, 1.82) is 0 Å². The van der Waals surface area contributed by atoms with Crippen LogP contribution in [0.4, 0.5) is 0 Å². The molecule has 0 aromatic carbocycles. The molecule has 0 heterocycles. The van der Waals surface area contributed by atoms with E-state index in [0.717, 1.165) is 4.31 Å². The van der Waals surface area contributed by atoms with E-state index < -0.39 is 15.8 Å². The van der Waals surface area contributed by atoms with Gasteiger partial charge in [0.1, 0.15) is 0 Å². The molecule has 0 fully saturated rings. The lowest BCUT2D eigenvalue weighted by molar-refractivity contribution is 0.0625. The molecule has 5 nitrogen and oxygen atoms in total. The van der Waals surface area contributed by atoms with Crippen LogP contribution in [0.3, 0.4) is 0 Å². The Morgan fingerprint density at radius 1 is 1.27 bits per heavy atom. The molecule has 0 spiro atoms. The van der Waals surface area contributed by atoms with Crippen LogP contribution in [0.15, 0.2) is 0 Å². The number of aliphatic hydroxyl groups is 1. The van der Waals surface area contributed by atoms with Crippen molar-refractivity contribution in [2.45, 2.75) is 39.3 Å². The Bertz CT molecular complexity index is 293. The Labute approximate surface area is 92.9 Å². The number of likely N-dealkylation sites (N-methyl/N-ethyl adjacent to an activating group) is 1. The maximum atomic E-state index is 11.9. The Morgan fingerprint density at radius 2 is 1.67 bits per heavy atom. The van der Waals surface area contributed by atoms with Crippen LogP contribution in [0.1, 0.15) is 27.7 Å². The smallest absolute Gasteiger partial charge is 0.281 e. The SMILES string of the molecule is CC(C)N(C)S(=O)(=O)N(C)CC(C)(C)O. The average molecular weight is 238 g/mol. The normalized spacial score (nSPS) is 14.3. The summed E-state index contributed by atoms with van der Waals surface area (Å²) in [5.74, 6) is 0. The standard InChI is InChI=1S/C9H22N2O3S/c1-8(2)11(6)15(13,14)10(5)7-9(3,4)12/h8,12H,7H2,1-6H3. The van der Waals surface area contributed by atoms with E-state index in [1.807, 2.05) is 0 Å². The van der Waals surface area contributed by atoms with Gasteiger partial charge in [-0.2, -0.15) is 17.0 Å². The predicted molar refractivity (Wildman–Crippen MR) is 60.7 cm³/mol. The van der Waals surface area contributed by atoms with E-state index in [2.05, 4.69) is 0 Å². The molecular weight excluding hydrogens is 216 g/mol. The van der Waals surface area contributed by atoms with E-state index in [1.165, 1.54) is 18.4 Å². The zero-order valence-electron chi connectivity index (χ0n) is 10.4. The molecule has 0 amide bonds. The van der Waals surface area contributed by atoms with Gasteiger partial charge in [0.2, 0.25) is 0 Å². The lowest BCUT2D eigenvalue weighted by Crippen LogP contribution is -2.47. The maximum absolute atomic E-state index is 11.9. The van der Waals surface area contributed by atoms with Gasteiger partial charge >= 0.3 is 0 Å². The van der Waals surface area contributed by atoms with E-state index in [4.69, 9.17) is 0 Å². The van der Waals surface area contributed by atoms with Crippen LogP contribution in [0.25, 0.3) is 0 Å². The second kappa shape index (κ2) is 4.78. The first kappa shape index (κ1) is 14.8. The number of hydrogen-bond acceptors (Lipinski definition) is 3. The highest BCUT2D eigenvalue weighted by atomic mass is 32.2. The molecule has 15 heavy (non-hydrogen) atoms. The quantitative estimate of drug-likeness (QED) is 0.748. The Balaban J connectivity index is 4.75. The number of nitrogens with zero attached hydrogens (tertiary/aromatic N) is 2. The Hall–Kier alpha value is -0.170. The van der Waals surface area contributed by atoms with Crippen LogP contribution in [0.2, 0.25) is 0 Å². The van der Waals surface area contributed by atoms with Crippen LogP contribution in [0.5, 0.6) is 0 Å². The summed E-state index contributed by atoms with van der Waals surface area (Å²) >= 11 is 0. The fourth-order valence-electron chi connectivity index (χ4n) is 1.11. The molecule has 0 aliphatic rings. The third-order valence-corrected chi connectivity index (χ3v) is 4.16. The summed E-state index contributed by atoms with van der Waals surface area (Å²) in [5.41, 5.74) is -1.03. The van der Waals surface area contributed by atoms with Gasteiger partial charge in [-0.1, -0.05) is 0 Å². The largest absolute Gasteiger partial charge is 0.389 e. The third-order valence-electron chi connectivity index (χ3n) is 2.09. The van der Waals surface area contributed by atoms with Gasteiger partial charge in [-0.15, -0.1) is 0 Å². The second-order valence-electron chi connectivity index (χ2n) is 4.69. The summed E-state index contributed by atoms with van der Waals surface area (Å²) in [6.45, 7) is 6.83. The van der Waals surface area contributed by atoms with Crippen LogP contribution in [-0.2, 0) is 10.2 Å². The topological polar surface area (TPSA) is 60.9 Å². The molecule has 0 aromatic heterocycles. The van der Waals surface area contributed by atoms with Crippen LogP contribution in [0, 0.1) is 0 Å². The summed E-state index contributed by atoms with van der Waals surface area (Å²) in [4.78, 5) is 0. The second-order valence-corrected chi connectivity index (χ2v) is 6.78. The summed E-state index contributed by atoms with van der Waals surface area (Å²) in [6.07, 6.45) is 0. The van der Waals surface area contributed by atoms with Crippen molar-refractivity contribution in [2.24, 2.45) is 0 Å². The zero-order chi connectivity index (χ0) is 12.4. The minimum Gasteiger partial charge on any atom is -0.389 e. The molecule has 0 bridgehead atoms. The zero-order valence-corrected chi connectivity index (χ0v) is 11.2. The molecule has 0 saturated heterocycles. The van der Waals surface area contributed by atoms with Crippen LogP contribution >= 0.6 is 0 Å². The lowest BCUT2D eigenvalue weighted by Gasteiger charge is -2.30. The number of hydrogen-bond donors (Lipinski definition) is 1. The summed E-state index contributed by atoms with van der Waals surface area (Å²) in [6, 6.07) is -0.0979. The molecule has 0 saturated carbocycles. The fraction of sp³-hybridized carbons (Fsp3) is 1.00.